The summed E-state index contributed by atoms with van der Waals surface area (Å²) in [6.07, 6.45) is 0.00751. The Labute approximate surface area is 102 Å². The number of aliphatic carboxylic acids is 1. The first-order chi connectivity index (χ1) is 8.49. The van der Waals surface area contributed by atoms with E-state index >= 15 is 0 Å². The number of β-amino-alcohol motifs (C(OH)–C–C–N with tert-alkyl or cyclic N) is 1. The second-order valence-electron chi connectivity index (χ2n) is 4.06. The van der Waals surface area contributed by atoms with Crippen molar-refractivity contribution in [3.63, 3.8) is 0 Å². The van der Waals surface area contributed by atoms with Gasteiger partial charge in [-0.15, -0.1) is 0 Å². The van der Waals surface area contributed by atoms with Gasteiger partial charge in [0.05, 0.1) is 12.3 Å². The Kier molecular flexibility index (Phi) is 3.24. The summed E-state index contributed by atoms with van der Waals surface area (Å²) in [4.78, 5) is 27.6. The van der Waals surface area contributed by atoms with Crippen LogP contribution in [0.3, 0.4) is 0 Å². The number of aliphatic hydroxyl groups excluding tert-OH is 1. The monoisotopic (exact) mass is 254 g/mol. The van der Waals surface area contributed by atoms with E-state index in [4.69, 9.17) is 5.11 Å². The van der Waals surface area contributed by atoms with Crippen LogP contribution in [-0.4, -0.2) is 50.7 Å². The average molecular weight is 254 g/mol. The molecule has 0 saturated carbocycles. The van der Waals surface area contributed by atoms with Gasteiger partial charge in [0.15, 0.2) is 0 Å². The molecular formula is C11H11FN2O4. The van der Waals surface area contributed by atoms with E-state index in [0.717, 1.165) is 17.2 Å². The van der Waals surface area contributed by atoms with Crippen LogP contribution in [0, 0.1) is 5.82 Å². The molecule has 0 radical (unpaired) electrons. The second-order valence-corrected chi connectivity index (χ2v) is 4.06. The highest BCUT2D eigenvalue weighted by atomic mass is 19.1. The number of likely N-dealkylation sites (tertiary alicyclic amines) is 1. The lowest BCUT2D eigenvalue weighted by atomic mass is 10.2. The molecule has 1 saturated heterocycles. The van der Waals surface area contributed by atoms with Gasteiger partial charge in [0, 0.05) is 13.0 Å². The standard InChI is InChI=1S/C11H11FN2O4/c12-6-1-2-8(13-4-6)10(16)14-5-7(15)3-9(14)11(17)18/h1-2,4,7,9,15H,3,5H2,(H,17,18)/t7-,9-/m1/s1. The van der Waals surface area contributed by atoms with Crippen molar-refractivity contribution in [3.05, 3.63) is 29.8 Å². The molecule has 6 nitrogen and oxygen atoms in total. The fourth-order valence-corrected chi connectivity index (χ4v) is 1.92. The fourth-order valence-electron chi connectivity index (χ4n) is 1.92. The Hall–Kier alpha value is -2.02. The van der Waals surface area contributed by atoms with Crippen LogP contribution in [0.15, 0.2) is 18.3 Å². The molecule has 96 valence electrons. The Balaban J connectivity index is 2.22. The van der Waals surface area contributed by atoms with Crippen LogP contribution in [0.25, 0.3) is 0 Å². The number of aliphatic hydroxyl groups is 1. The summed E-state index contributed by atoms with van der Waals surface area (Å²) in [6, 6.07) is 1.18. The van der Waals surface area contributed by atoms with Crippen LogP contribution in [0.1, 0.15) is 16.9 Å². The Bertz CT molecular complexity index is 476. The van der Waals surface area contributed by atoms with Crippen molar-refractivity contribution in [3.8, 4) is 0 Å². The number of carbonyl (C=O) groups is 2. The number of hydrogen-bond donors (Lipinski definition) is 2. The number of pyridine rings is 1. The number of hydrogen-bond acceptors (Lipinski definition) is 4. The molecule has 2 N–H and O–H groups in total. The molecule has 1 aromatic rings. The molecule has 0 aliphatic carbocycles. The summed E-state index contributed by atoms with van der Waals surface area (Å²) >= 11 is 0. The summed E-state index contributed by atoms with van der Waals surface area (Å²) in [5.74, 6) is -2.39. The van der Waals surface area contributed by atoms with E-state index in [-0.39, 0.29) is 18.7 Å². The summed E-state index contributed by atoms with van der Waals surface area (Å²) in [6.45, 7) is -0.0607. The minimum absolute atomic E-state index is 0.0116. The summed E-state index contributed by atoms with van der Waals surface area (Å²) in [5.41, 5.74) is -0.0447. The molecule has 1 fully saturated rings. The zero-order valence-electron chi connectivity index (χ0n) is 9.28. The number of amides is 1. The lowest BCUT2D eigenvalue weighted by molar-refractivity contribution is -0.141. The lowest BCUT2D eigenvalue weighted by Gasteiger charge is -2.20. The van der Waals surface area contributed by atoms with Crippen LogP contribution in [-0.2, 0) is 4.79 Å². The maximum atomic E-state index is 12.7. The Morgan fingerprint density at radius 3 is 2.72 bits per heavy atom. The minimum Gasteiger partial charge on any atom is -0.480 e. The minimum atomic E-state index is -1.18. The molecule has 18 heavy (non-hydrogen) atoms. The number of halogens is 1. The normalized spacial score (nSPS) is 23.1. The first kappa shape index (κ1) is 12.4. The molecule has 2 atom stereocenters. The number of rotatable bonds is 2. The van der Waals surface area contributed by atoms with E-state index in [1.54, 1.807) is 0 Å². The van der Waals surface area contributed by atoms with E-state index in [1.165, 1.54) is 6.07 Å². The van der Waals surface area contributed by atoms with Gasteiger partial charge in [0.2, 0.25) is 0 Å². The molecule has 1 aliphatic rings. The van der Waals surface area contributed by atoms with Gasteiger partial charge in [-0.3, -0.25) is 4.79 Å². The van der Waals surface area contributed by atoms with E-state index in [1.807, 2.05) is 0 Å². The zero-order valence-corrected chi connectivity index (χ0v) is 9.28. The highest BCUT2D eigenvalue weighted by Gasteiger charge is 2.39. The molecule has 1 amide bonds. The van der Waals surface area contributed by atoms with Gasteiger partial charge in [-0.1, -0.05) is 0 Å². The first-order valence-corrected chi connectivity index (χ1v) is 5.32. The highest BCUT2D eigenvalue weighted by molar-refractivity contribution is 5.95. The van der Waals surface area contributed by atoms with E-state index in [9.17, 15) is 19.1 Å². The van der Waals surface area contributed by atoms with Crippen LogP contribution < -0.4 is 0 Å². The SMILES string of the molecule is O=C(O)[C@H]1C[C@@H](O)CN1C(=O)c1ccc(F)cn1. The van der Waals surface area contributed by atoms with Gasteiger partial charge < -0.3 is 15.1 Å². The van der Waals surface area contributed by atoms with Crippen LogP contribution >= 0.6 is 0 Å². The van der Waals surface area contributed by atoms with E-state index < -0.39 is 29.8 Å². The molecule has 0 bridgehead atoms. The number of nitrogens with zero attached hydrogens (tertiary/aromatic N) is 2. The van der Waals surface area contributed by atoms with Crippen molar-refractivity contribution in [2.24, 2.45) is 0 Å². The zero-order chi connectivity index (χ0) is 13.3. The van der Waals surface area contributed by atoms with Crippen molar-refractivity contribution >= 4 is 11.9 Å². The number of carboxylic acids is 1. The van der Waals surface area contributed by atoms with Gasteiger partial charge in [-0.2, -0.15) is 0 Å². The van der Waals surface area contributed by atoms with Crippen LogP contribution in [0.2, 0.25) is 0 Å². The van der Waals surface area contributed by atoms with E-state index in [0.29, 0.717) is 0 Å². The van der Waals surface area contributed by atoms with Crippen molar-refractivity contribution in [1.29, 1.82) is 0 Å². The topological polar surface area (TPSA) is 90.7 Å². The molecule has 7 heteroatoms. The smallest absolute Gasteiger partial charge is 0.326 e. The molecular weight excluding hydrogens is 243 g/mol. The molecule has 2 heterocycles. The van der Waals surface area contributed by atoms with Crippen molar-refractivity contribution in [1.82, 2.24) is 9.88 Å². The number of carboxylic acid groups (broad SMARTS) is 1. The summed E-state index contributed by atoms with van der Waals surface area (Å²) < 4.78 is 12.7. The van der Waals surface area contributed by atoms with E-state index in [2.05, 4.69) is 4.98 Å². The predicted molar refractivity (Wildman–Crippen MR) is 57.3 cm³/mol. The molecule has 1 aliphatic heterocycles. The average Bonchev–Trinajstić information content (AvgIpc) is 2.71. The Morgan fingerprint density at radius 1 is 1.44 bits per heavy atom. The van der Waals surface area contributed by atoms with Gasteiger partial charge in [-0.05, 0) is 12.1 Å². The van der Waals surface area contributed by atoms with Gasteiger partial charge in [0.1, 0.15) is 17.6 Å². The predicted octanol–water partition coefficient (Wildman–Crippen LogP) is -0.119. The largest absolute Gasteiger partial charge is 0.480 e. The molecule has 0 aromatic carbocycles. The molecule has 0 unspecified atom stereocenters. The third kappa shape index (κ3) is 2.30. The summed E-state index contributed by atoms with van der Waals surface area (Å²) in [7, 11) is 0. The van der Waals surface area contributed by atoms with Gasteiger partial charge in [-0.25, -0.2) is 14.2 Å². The lowest BCUT2D eigenvalue weighted by Crippen LogP contribution is -2.40. The van der Waals surface area contributed by atoms with Crippen LogP contribution in [0.5, 0.6) is 0 Å². The summed E-state index contributed by atoms with van der Waals surface area (Å²) in [5, 5.41) is 18.4. The first-order valence-electron chi connectivity index (χ1n) is 5.32. The van der Waals surface area contributed by atoms with Crippen molar-refractivity contribution < 1.29 is 24.2 Å². The number of aromatic nitrogens is 1. The third-order valence-electron chi connectivity index (χ3n) is 2.77. The van der Waals surface area contributed by atoms with Crippen LogP contribution in [0.4, 0.5) is 4.39 Å². The molecule has 1 aromatic heterocycles. The number of carbonyl (C=O) groups excluding carboxylic acids is 1. The second kappa shape index (κ2) is 4.69. The van der Waals surface area contributed by atoms with Gasteiger partial charge in [0.25, 0.3) is 5.91 Å². The quantitative estimate of drug-likeness (QED) is 0.767. The molecule has 0 spiro atoms. The maximum Gasteiger partial charge on any atom is 0.326 e. The molecule has 2 rings (SSSR count). The van der Waals surface area contributed by atoms with Crippen molar-refractivity contribution in [2.75, 3.05) is 6.54 Å². The Morgan fingerprint density at radius 2 is 2.17 bits per heavy atom. The van der Waals surface area contributed by atoms with Crippen molar-refractivity contribution in [2.45, 2.75) is 18.6 Å². The fraction of sp³-hybridized carbons (Fsp3) is 0.364. The highest BCUT2D eigenvalue weighted by Crippen LogP contribution is 2.20. The third-order valence-corrected chi connectivity index (χ3v) is 2.77. The van der Waals surface area contributed by atoms with Gasteiger partial charge >= 0.3 is 5.97 Å². The maximum absolute atomic E-state index is 12.7.